The quantitative estimate of drug-likeness (QED) is 0.843. The Morgan fingerprint density at radius 2 is 2.16 bits per heavy atom. The minimum absolute atomic E-state index is 0.294. The zero-order valence-corrected chi connectivity index (χ0v) is 13.1. The van der Waals surface area contributed by atoms with Crippen LogP contribution in [0.25, 0.3) is 0 Å². The molecule has 2 atom stereocenters. The SMILES string of the molecule is CNC(CCN1CCCC1CO)c1ccc(Br)cc1. The molecular weight excluding hydrogens is 304 g/mol. The number of nitrogens with zero attached hydrogens (tertiary/aromatic N) is 1. The molecule has 0 radical (unpaired) electrons. The second kappa shape index (κ2) is 7.39. The minimum atomic E-state index is 0.294. The van der Waals surface area contributed by atoms with Crippen molar-refractivity contribution in [1.29, 1.82) is 0 Å². The van der Waals surface area contributed by atoms with Crippen molar-refractivity contribution in [2.24, 2.45) is 0 Å². The summed E-state index contributed by atoms with van der Waals surface area (Å²) in [5.41, 5.74) is 1.32. The molecule has 0 saturated carbocycles. The topological polar surface area (TPSA) is 35.5 Å². The maximum atomic E-state index is 9.34. The number of likely N-dealkylation sites (tertiary alicyclic amines) is 1. The number of aliphatic hydroxyl groups excluding tert-OH is 1. The summed E-state index contributed by atoms with van der Waals surface area (Å²) in [7, 11) is 2.01. The zero-order chi connectivity index (χ0) is 13.7. The fourth-order valence-electron chi connectivity index (χ4n) is 2.86. The van der Waals surface area contributed by atoms with E-state index in [-0.39, 0.29) is 0 Å². The molecule has 0 spiro atoms. The first-order valence-electron chi connectivity index (χ1n) is 7.02. The Balaban J connectivity index is 1.90. The van der Waals surface area contributed by atoms with Crippen molar-refractivity contribution in [2.45, 2.75) is 31.3 Å². The van der Waals surface area contributed by atoms with Crippen LogP contribution in [0.5, 0.6) is 0 Å². The van der Waals surface area contributed by atoms with Gasteiger partial charge in [0, 0.05) is 23.1 Å². The highest BCUT2D eigenvalue weighted by Crippen LogP contribution is 2.22. The van der Waals surface area contributed by atoms with Crippen molar-refractivity contribution in [1.82, 2.24) is 10.2 Å². The van der Waals surface area contributed by atoms with Crippen LogP contribution in [-0.4, -0.2) is 42.8 Å². The smallest absolute Gasteiger partial charge is 0.0586 e. The molecule has 3 nitrogen and oxygen atoms in total. The fraction of sp³-hybridized carbons (Fsp3) is 0.600. The van der Waals surface area contributed by atoms with Crippen molar-refractivity contribution in [3.63, 3.8) is 0 Å². The van der Waals surface area contributed by atoms with Crippen LogP contribution in [0.3, 0.4) is 0 Å². The Hall–Kier alpha value is -0.420. The van der Waals surface area contributed by atoms with Crippen LogP contribution < -0.4 is 5.32 Å². The number of rotatable bonds is 6. The standard InChI is InChI=1S/C15H23BrN2O/c1-17-15(12-4-6-13(16)7-5-12)8-10-18-9-2-3-14(18)11-19/h4-7,14-15,17,19H,2-3,8-11H2,1H3. The average Bonchev–Trinajstić information content (AvgIpc) is 2.89. The highest BCUT2D eigenvalue weighted by Gasteiger charge is 2.24. The lowest BCUT2D eigenvalue weighted by Gasteiger charge is -2.25. The second-order valence-electron chi connectivity index (χ2n) is 5.20. The van der Waals surface area contributed by atoms with Crippen LogP contribution in [0, 0.1) is 0 Å². The third kappa shape index (κ3) is 4.02. The van der Waals surface area contributed by atoms with E-state index in [1.54, 1.807) is 0 Å². The Bertz CT molecular complexity index is 382. The van der Waals surface area contributed by atoms with E-state index in [0.29, 0.717) is 18.7 Å². The lowest BCUT2D eigenvalue weighted by Crippen LogP contribution is -2.34. The molecule has 2 unspecified atom stereocenters. The number of aliphatic hydroxyl groups is 1. The van der Waals surface area contributed by atoms with Crippen molar-refractivity contribution in [3.8, 4) is 0 Å². The molecule has 106 valence electrons. The number of halogens is 1. The van der Waals surface area contributed by atoms with Gasteiger partial charge in [0.05, 0.1) is 6.61 Å². The normalized spacial score (nSPS) is 21.7. The van der Waals surface area contributed by atoms with Gasteiger partial charge in [-0.05, 0) is 50.6 Å². The summed E-state index contributed by atoms with van der Waals surface area (Å²) in [6, 6.07) is 9.27. The molecule has 0 aromatic heterocycles. The van der Waals surface area contributed by atoms with E-state index >= 15 is 0 Å². The molecule has 1 fully saturated rings. The third-order valence-corrected chi connectivity index (χ3v) is 4.56. The average molecular weight is 327 g/mol. The highest BCUT2D eigenvalue weighted by molar-refractivity contribution is 9.10. The maximum Gasteiger partial charge on any atom is 0.0586 e. The number of hydrogen-bond acceptors (Lipinski definition) is 3. The first-order valence-corrected chi connectivity index (χ1v) is 7.81. The zero-order valence-electron chi connectivity index (χ0n) is 11.5. The van der Waals surface area contributed by atoms with Gasteiger partial charge in [-0.15, -0.1) is 0 Å². The Labute approximate surface area is 124 Å². The van der Waals surface area contributed by atoms with Gasteiger partial charge in [-0.3, -0.25) is 4.90 Å². The van der Waals surface area contributed by atoms with Gasteiger partial charge in [-0.25, -0.2) is 0 Å². The minimum Gasteiger partial charge on any atom is -0.395 e. The fourth-order valence-corrected chi connectivity index (χ4v) is 3.13. The van der Waals surface area contributed by atoms with Crippen LogP contribution in [0.15, 0.2) is 28.7 Å². The van der Waals surface area contributed by atoms with E-state index in [4.69, 9.17) is 0 Å². The predicted octanol–water partition coefficient (Wildman–Crippen LogP) is 2.56. The van der Waals surface area contributed by atoms with Crippen molar-refractivity contribution in [2.75, 3.05) is 26.7 Å². The van der Waals surface area contributed by atoms with Crippen LogP contribution in [0.2, 0.25) is 0 Å². The molecule has 0 bridgehead atoms. The van der Waals surface area contributed by atoms with Gasteiger partial charge in [0.2, 0.25) is 0 Å². The van der Waals surface area contributed by atoms with Crippen molar-refractivity contribution >= 4 is 15.9 Å². The van der Waals surface area contributed by atoms with Gasteiger partial charge in [-0.2, -0.15) is 0 Å². The molecule has 0 amide bonds. The Morgan fingerprint density at radius 3 is 2.79 bits per heavy atom. The molecule has 1 heterocycles. The van der Waals surface area contributed by atoms with E-state index in [2.05, 4.69) is 50.4 Å². The summed E-state index contributed by atoms with van der Waals surface area (Å²) in [5, 5.41) is 12.7. The van der Waals surface area contributed by atoms with Crippen LogP contribution >= 0.6 is 15.9 Å². The number of hydrogen-bond donors (Lipinski definition) is 2. The number of benzene rings is 1. The van der Waals surface area contributed by atoms with Crippen molar-refractivity contribution in [3.05, 3.63) is 34.3 Å². The van der Waals surface area contributed by atoms with E-state index in [9.17, 15) is 5.11 Å². The summed E-state index contributed by atoms with van der Waals surface area (Å²) >= 11 is 3.47. The van der Waals surface area contributed by atoms with Gasteiger partial charge in [0.25, 0.3) is 0 Å². The lowest BCUT2D eigenvalue weighted by molar-refractivity contribution is 0.154. The summed E-state index contributed by atoms with van der Waals surface area (Å²) in [6.07, 6.45) is 3.43. The van der Waals surface area contributed by atoms with E-state index in [1.807, 2.05) is 7.05 Å². The van der Waals surface area contributed by atoms with Crippen LogP contribution in [0.4, 0.5) is 0 Å². The van der Waals surface area contributed by atoms with E-state index in [0.717, 1.165) is 30.4 Å². The molecule has 19 heavy (non-hydrogen) atoms. The Morgan fingerprint density at radius 1 is 1.42 bits per heavy atom. The van der Waals surface area contributed by atoms with Gasteiger partial charge in [-0.1, -0.05) is 28.1 Å². The first-order chi connectivity index (χ1) is 9.24. The molecular formula is C15H23BrN2O. The summed E-state index contributed by atoms with van der Waals surface area (Å²) in [6.45, 7) is 2.47. The van der Waals surface area contributed by atoms with Gasteiger partial charge < -0.3 is 10.4 Å². The van der Waals surface area contributed by atoms with Gasteiger partial charge in [0.1, 0.15) is 0 Å². The van der Waals surface area contributed by atoms with Gasteiger partial charge in [0.15, 0.2) is 0 Å². The largest absolute Gasteiger partial charge is 0.395 e. The molecule has 1 aliphatic heterocycles. The molecule has 1 aromatic rings. The molecule has 2 N–H and O–H groups in total. The summed E-state index contributed by atoms with van der Waals surface area (Å²) in [4.78, 5) is 2.42. The van der Waals surface area contributed by atoms with Crippen LogP contribution in [-0.2, 0) is 0 Å². The molecule has 1 saturated heterocycles. The van der Waals surface area contributed by atoms with Gasteiger partial charge >= 0.3 is 0 Å². The second-order valence-corrected chi connectivity index (χ2v) is 6.11. The molecule has 2 rings (SSSR count). The maximum absolute atomic E-state index is 9.34. The molecule has 1 aliphatic rings. The van der Waals surface area contributed by atoms with E-state index in [1.165, 1.54) is 12.0 Å². The monoisotopic (exact) mass is 326 g/mol. The highest BCUT2D eigenvalue weighted by atomic mass is 79.9. The summed E-state index contributed by atoms with van der Waals surface area (Å²) in [5.74, 6) is 0. The van der Waals surface area contributed by atoms with E-state index < -0.39 is 0 Å². The lowest BCUT2D eigenvalue weighted by atomic mass is 10.0. The predicted molar refractivity (Wildman–Crippen MR) is 82.2 cm³/mol. The van der Waals surface area contributed by atoms with Crippen LogP contribution in [0.1, 0.15) is 30.9 Å². The molecule has 0 aliphatic carbocycles. The third-order valence-electron chi connectivity index (χ3n) is 4.04. The Kier molecular flexibility index (Phi) is 5.82. The molecule has 1 aromatic carbocycles. The molecule has 4 heteroatoms. The number of nitrogens with one attached hydrogen (secondary N) is 1. The summed E-state index contributed by atoms with van der Waals surface area (Å²) < 4.78 is 1.12. The van der Waals surface area contributed by atoms with Crippen molar-refractivity contribution < 1.29 is 5.11 Å². The first kappa shape index (κ1) is 15.0.